The first-order chi connectivity index (χ1) is 12.2. The van der Waals surface area contributed by atoms with E-state index in [0.717, 1.165) is 4.47 Å². The van der Waals surface area contributed by atoms with E-state index in [9.17, 15) is 4.79 Å². The number of carbonyl (C=O) groups is 1. The predicted molar refractivity (Wildman–Crippen MR) is 102 cm³/mol. The summed E-state index contributed by atoms with van der Waals surface area (Å²) in [6.45, 7) is 4.00. The average Bonchev–Trinajstić information content (AvgIpc) is 3.15. The lowest BCUT2D eigenvalue weighted by Gasteiger charge is -2.09. The zero-order valence-corrected chi connectivity index (χ0v) is 15.5. The van der Waals surface area contributed by atoms with Crippen molar-refractivity contribution < 1.29 is 4.79 Å². The summed E-state index contributed by atoms with van der Waals surface area (Å²) in [6.07, 6.45) is 3.24. The molecule has 0 bridgehead atoms. The number of hydrogen-bond acceptors (Lipinski definition) is 3. The van der Waals surface area contributed by atoms with Crippen LogP contribution in [-0.2, 0) is 0 Å². The largest absolute Gasteiger partial charge is 0.319 e. The van der Waals surface area contributed by atoms with E-state index < -0.39 is 0 Å². The number of nitrogens with zero attached hydrogens (tertiary/aromatic N) is 3. The number of anilines is 1. The predicted octanol–water partition coefficient (Wildman–Crippen LogP) is 4.78. The third-order valence-corrected chi connectivity index (χ3v) is 3.73. The fraction of sp³-hybridized carbons (Fsp3) is 0.105. The Kier molecular flexibility index (Phi) is 6.49. The second kappa shape index (κ2) is 8.81. The van der Waals surface area contributed by atoms with E-state index in [1.807, 2.05) is 32.0 Å². The Morgan fingerprint density at radius 3 is 2.60 bits per heavy atom. The van der Waals surface area contributed by atoms with Crippen molar-refractivity contribution in [2.45, 2.75) is 13.8 Å². The Morgan fingerprint density at radius 1 is 1.20 bits per heavy atom. The summed E-state index contributed by atoms with van der Waals surface area (Å²) in [5, 5.41) is 11.8. The molecule has 1 N–H and O–H groups in total. The lowest BCUT2D eigenvalue weighted by Crippen LogP contribution is -2.17. The molecule has 0 unspecified atom stereocenters. The monoisotopic (exact) mass is 396 g/mol. The van der Waals surface area contributed by atoms with E-state index in [0.29, 0.717) is 16.9 Å². The van der Waals surface area contributed by atoms with Crippen LogP contribution in [0.25, 0.3) is 5.69 Å². The number of nitrogens with one attached hydrogen (secondary N) is 1. The maximum Gasteiger partial charge on any atom is 0.292 e. The van der Waals surface area contributed by atoms with Crippen LogP contribution in [0.2, 0.25) is 0 Å². The van der Waals surface area contributed by atoms with Crippen LogP contribution in [-0.4, -0.2) is 15.5 Å². The van der Waals surface area contributed by atoms with Gasteiger partial charge in [0.2, 0.25) is 5.82 Å². The lowest BCUT2D eigenvalue weighted by atomic mass is 10.2. The molecule has 126 valence electrons. The summed E-state index contributed by atoms with van der Waals surface area (Å²) in [7, 11) is 0. The standard InChI is InChI=1S/C17H11BrN4O.C2H6/c18-13-4-6-14(7-5-13)21-17(23)16-20-8-9-22(16)15-3-1-2-12(10-15)11-19;1-2/h1-10H,(H,21,23);1-2H3. The van der Waals surface area contributed by atoms with Gasteiger partial charge in [0.15, 0.2) is 0 Å². The van der Waals surface area contributed by atoms with Crippen molar-refractivity contribution in [1.29, 1.82) is 5.26 Å². The summed E-state index contributed by atoms with van der Waals surface area (Å²) in [4.78, 5) is 16.6. The third kappa shape index (κ3) is 4.55. The summed E-state index contributed by atoms with van der Waals surface area (Å²) in [5.74, 6) is -0.0670. The molecule has 3 rings (SSSR count). The topological polar surface area (TPSA) is 70.7 Å². The molecule has 1 amide bonds. The Morgan fingerprint density at radius 2 is 1.92 bits per heavy atom. The van der Waals surface area contributed by atoms with Gasteiger partial charge < -0.3 is 5.32 Å². The number of halogens is 1. The van der Waals surface area contributed by atoms with Crippen molar-refractivity contribution in [3.63, 3.8) is 0 Å². The molecule has 3 aromatic rings. The first-order valence-corrected chi connectivity index (χ1v) is 8.57. The zero-order valence-electron chi connectivity index (χ0n) is 13.9. The number of carbonyl (C=O) groups excluding carboxylic acids is 1. The van der Waals surface area contributed by atoms with Crippen molar-refractivity contribution in [2.75, 3.05) is 5.32 Å². The van der Waals surface area contributed by atoms with E-state index in [-0.39, 0.29) is 11.7 Å². The molecule has 1 heterocycles. The molecule has 0 radical (unpaired) electrons. The number of nitriles is 1. The minimum atomic E-state index is -0.320. The highest BCUT2D eigenvalue weighted by Gasteiger charge is 2.14. The number of hydrogen-bond donors (Lipinski definition) is 1. The van der Waals surface area contributed by atoms with Crippen LogP contribution in [0.4, 0.5) is 5.69 Å². The number of amides is 1. The molecule has 0 saturated heterocycles. The van der Waals surface area contributed by atoms with Crippen LogP contribution >= 0.6 is 15.9 Å². The highest BCUT2D eigenvalue weighted by molar-refractivity contribution is 9.10. The molecule has 0 spiro atoms. The molecule has 5 nitrogen and oxygen atoms in total. The van der Waals surface area contributed by atoms with Gasteiger partial charge in [0.25, 0.3) is 5.91 Å². The Hall–Kier alpha value is -2.91. The fourth-order valence-electron chi connectivity index (χ4n) is 2.13. The minimum Gasteiger partial charge on any atom is -0.319 e. The zero-order chi connectivity index (χ0) is 18.2. The lowest BCUT2D eigenvalue weighted by molar-refractivity contribution is 0.101. The number of benzene rings is 2. The Labute approximate surface area is 155 Å². The second-order valence-electron chi connectivity index (χ2n) is 4.74. The van der Waals surface area contributed by atoms with Crippen LogP contribution in [0.3, 0.4) is 0 Å². The van der Waals surface area contributed by atoms with Gasteiger partial charge in [-0.25, -0.2) is 4.98 Å². The summed E-state index contributed by atoms with van der Waals surface area (Å²) in [6, 6.07) is 16.4. The molecule has 0 fully saturated rings. The van der Waals surface area contributed by atoms with E-state index in [2.05, 4.69) is 32.3 Å². The van der Waals surface area contributed by atoms with Gasteiger partial charge in [-0.15, -0.1) is 0 Å². The Balaban J connectivity index is 0.00000109. The second-order valence-corrected chi connectivity index (χ2v) is 5.66. The average molecular weight is 397 g/mol. The highest BCUT2D eigenvalue weighted by Crippen LogP contribution is 2.17. The summed E-state index contributed by atoms with van der Waals surface area (Å²) < 4.78 is 2.58. The molecule has 25 heavy (non-hydrogen) atoms. The number of aromatic nitrogens is 2. The van der Waals surface area contributed by atoms with Gasteiger partial charge in [0.05, 0.1) is 11.6 Å². The maximum absolute atomic E-state index is 12.4. The molecular formula is C19H17BrN4O. The molecular weight excluding hydrogens is 380 g/mol. The highest BCUT2D eigenvalue weighted by atomic mass is 79.9. The van der Waals surface area contributed by atoms with Gasteiger partial charge >= 0.3 is 0 Å². The third-order valence-electron chi connectivity index (χ3n) is 3.20. The molecule has 0 atom stereocenters. The molecule has 6 heteroatoms. The van der Waals surface area contributed by atoms with Crippen LogP contribution < -0.4 is 5.32 Å². The first-order valence-electron chi connectivity index (χ1n) is 7.78. The molecule has 0 aliphatic rings. The normalized spacial score (nSPS) is 9.52. The molecule has 0 saturated carbocycles. The van der Waals surface area contributed by atoms with Crippen LogP contribution in [0.5, 0.6) is 0 Å². The smallest absolute Gasteiger partial charge is 0.292 e. The van der Waals surface area contributed by atoms with Gasteiger partial charge in [0.1, 0.15) is 0 Å². The van der Waals surface area contributed by atoms with Crippen LogP contribution in [0, 0.1) is 11.3 Å². The van der Waals surface area contributed by atoms with E-state index in [4.69, 9.17) is 5.26 Å². The summed E-state index contributed by atoms with van der Waals surface area (Å²) >= 11 is 3.35. The SMILES string of the molecule is CC.N#Cc1cccc(-n2ccnc2C(=O)Nc2ccc(Br)cc2)c1. The number of imidazole rings is 1. The van der Waals surface area contributed by atoms with Crippen LogP contribution in [0.15, 0.2) is 65.4 Å². The van der Waals surface area contributed by atoms with E-state index in [1.54, 1.807) is 47.3 Å². The van der Waals surface area contributed by atoms with Gasteiger partial charge in [-0.05, 0) is 42.5 Å². The minimum absolute atomic E-state index is 0.253. The fourth-order valence-corrected chi connectivity index (χ4v) is 2.39. The number of rotatable bonds is 3. The van der Waals surface area contributed by atoms with Gasteiger partial charge in [0, 0.05) is 28.2 Å². The van der Waals surface area contributed by atoms with Gasteiger partial charge in [-0.2, -0.15) is 5.26 Å². The Bertz CT molecular complexity index is 894. The van der Waals surface area contributed by atoms with Crippen molar-refractivity contribution >= 4 is 27.5 Å². The van der Waals surface area contributed by atoms with E-state index >= 15 is 0 Å². The van der Waals surface area contributed by atoms with Gasteiger partial charge in [-0.1, -0.05) is 35.8 Å². The molecule has 0 aliphatic heterocycles. The molecule has 0 aliphatic carbocycles. The van der Waals surface area contributed by atoms with E-state index in [1.165, 1.54) is 0 Å². The first kappa shape index (κ1) is 18.4. The molecule has 2 aromatic carbocycles. The van der Waals surface area contributed by atoms with Gasteiger partial charge in [-0.3, -0.25) is 9.36 Å². The van der Waals surface area contributed by atoms with Crippen LogP contribution in [0.1, 0.15) is 30.0 Å². The van der Waals surface area contributed by atoms with Crippen molar-refractivity contribution in [2.24, 2.45) is 0 Å². The summed E-state index contributed by atoms with van der Waals surface area (Å²) in [5.41, 5.74) is 1.91. The quantitative estimate of drug-likeness (QED) is 0.691. The maximum atomic E-state index is 12.4. The van der Waals surface area contributed by atoms with Crippen molar-refractivity contribution in [1.82, 2.24) is 9.55 Å². The van der Waals surface area contributed by atoms with Crippen molar-refractivity contribution in [3.8, 4) is 11.8 Å². The van der Waals surface area contributed by atoms with Crippen molar-refractivity contribution in [3.05, 3.63) is 76.8 Å². The molecule has 1 aromatic heterocycles.